The standard InChI is InChI=1S/C21H34N4O2/c1-23-11-13-24(14-12-23)20-8-10-25(17-19(20)5-3-15-26)21(27)7-6-18-4-2-9-22-16-18/h2,4,9,16,19-20,26H,3,5-8,10-15,17H2,1H3/t19-,20+/m1/s1. The summed E-state index contributed by atoms with van der Waals surface area (Å²) in [5.41, 5.74) is 1.12. The van der Waals surface area contributed by atoms with E-state index in [1.54, 1.807) is 6.20 Å². The fourth-order valence-electron chi connectivity index (χ4n) is 4.47. The molecule has 2 fully saturated rings. The van der Waals surface area contributed by atoms with Crippen molar-refractivity contribution in [1.82, 2.24) is 19.7 Å². The number of hydrogen-bond donors (Lipinski definition) is 1. The molecule has 0 bridgehead atoms. The fraction of sp³-hybridized carbons (Fsp3) is 0.714. The van der Waals surface area contributed by atoms with Crippen molar-refractivity contribution in [2.75, 3.05) is 52.9 Å². The number of aromatic nitrogens is 1. The van der Waals surface area contributed by atoms with E-state index in [2.05, 4.69) is 26.7 Å². The van der Waals surface area contributed by atoms with Crippen molar-refractivity contribution in [2.24, 2.45) is 5.92 Å². The van der Waals surface area contributed by atoms with Crippen molar-refractivity contribution in [3.8, 4) is 0 Å². The molecule has 2 atom stereocenters. The molecule has 0 spiro atoms. The van der Waals surface area contributed by atoms with Crippen molar-refractivity contribution in [3.05, 3.63) is 30.1 Å². The van der Waals surface area contributed by atoms with Gasteiger partial charge in [0.05, 0.1) is 0 Å². The summed E-state index contributed by atoms with van der Waals surface area (Å²) in [6.07, 6.45) is 7.80. The van der Waals surface area contributed by atoms with Crippen LogP contribution < -0.4 is 0 Å². The van der Waals surface area contributed by atoms with Crippen molar-refractivity contribution < 1.29 is 9.90 Å². The van der Waals surface area contributed by atoms with Gasteiger partial charge in [-0.25, -0.2) is 0 Å². The number of nitrogens with zero attached hydrogens (tertiary/aromatic N) is 4. The summed E-state index contributed by atoms with van der Waals surface area (Å²) in [5, 5.41) is 9.31. The summed E-state index contributed by atoms with van der Waals surface area (Å²) in [4.78, 5) is 24.0. The van der Waals surface area contributed by atoms with Gasteiger partial charge in [-0.1, -0.05) is 6.07 Å². The maximum Gasteiger partial charge on any atom is 0.222 e. The van der Waals surface area contributed by atoms with E-state index in [4.69, 9.17) is 0 Å². The lowest BCUT2D eigenvalue weighted by molar-refractivity contribution is -0.134. The van der Waals surface area contributed by atoms with Crippen LogP contribution in [0.25, 0.3) is 0 Å². The number of aliphatic hydroxyl groups is 1. The predicted octanol–water partition coefficient (Wildman–Crippen LogP) is 1.25. The van der Waals surface area contributed by atoms with Crippen LogP contribution in [0.3, 0.4) is 0 Å². The number of likely N-dealkylation sites (N-methyl/N-ethyl adjacent to an activating group) is 1. The minimum atomic E-state index is 0.237. The highest BCUT2D eigenvalue weighted by atomic mass is 16.3. The number of likely N-dealkylation sites (tertiary alicyclic amines) is 1. The van der Waals surface area contributed by atoms with Crippen LogP contribution >= 0.6 is 0 Å². The quantitative estimate of drug-likeness (QED) is 0.778. The Kier molecular flexibility index (Phi) is 7.61. The van der Waals surface area contributed by atoms with Gasteiger partial charge in [-0.05, 0) is 50.3 Å². The van der Waals surface area contributed by atoms with Crippen LogP contribution in [0.4, 0.5) is 0 Å². The Morgan fingerprint density at radius 2 is 2.07 bits per heavy atom. The zero-order chi connectivity index (χ0) is 19.1. The summed E-state index contributed by atoms with van der Waals surface area (Å²) in [5.74, 6) is 0.723. The van der Waals surface area contributed by atoms with Crippen LogP contribution in [-0.2, 0) is 11.2 Å². The van der Waals surface area contributed by atoms with Gasteiger partial charge in [0.25, 0.3) is 0 Å². The first kappa shape index (κ1) is 20.2. The van der Waals surface area contributed by atoms with E-state index in [1.165, 1.54) is 0 Å². The molecule has 0 unspecified atom stereocenters. The SMILES string of the molecule is CN1CCN([C@H]2CCN(C(=O)CCc3cccnc3)C[C@H]2CCCO)CC1. The molecule has 150 valence electrons. The third kappa shape index (κ3) is 5.74. The lowest BCUT2D eigenvalue weighted by atomic mass is 9.86. The van der Waals surface area contributed by atoms with E-state index in [0.29, 0.717) is 18.4 Å². The minimum absolute atomic E-state index is 0.237. The number of piperidine rings is 1. The highest BCUT2D eigenvalue weighted by molar-refractivity contribution is 5.76. The number of piperazine rings is 1. The highest BCUT2D eigenvalue weighted by Crippen LogP contribution is 2.27. The van der Waals surface area contributed by atoms with E-state index in [-0.39, 0.29) is 12.5 Å². The second kappa shape index (κ2) is 10.2. The maximum atomic E-state index is 12.8. The minimum Gasteiger partial charge on any atom is -0.396 e. The summed E-state index contributed by atoms with van der Waals surface area (Å²) >= 11 is 0. The molecule has 27 heavy (non-hydrogen) atoms. The van der Waals surface area contributed by atoms with Gasteiger partial charge in [0.15, 0.2) is 0 Å². The Hall–Kier alpha value is -1.50. The highest BCUT2D eigenvalue weighted by Gasteiger charge is 2.35. The summed E-state index contributed by atoms with van der Waals surface area (Å²) in [6.45, 7) is 6.41. The molecule has 1 aromatic rings. The summed E-state index contributed by atoms with van der Waals surface area (Å²) in [6, 6.07) is 4.50. The normalized spacial score (nSPS) is 24.9. The second-order valence-corrected chi connectivity index (χ2v) is 8.02. The number of pyridine rings is 1. The Morgan fingerprint density at radius 3 is 2.78 bits per heavy atom. The molecule has 3 heterocycles. The van der Waals surface area contributed by atoms with Gasteiger partial charge in [0.2, 0.25) is 5.91 Å². The van der Waals surface area contributed by atoms with Crippen LogP contribution in [0.5, 0.6) is 0 Å². The molecule has 0 saturated carbocycles. The first-order valence-electron chi connectivity index (χ1n) is 10.4. The number of hydrogen-bond acceptors (Lipinski definition) is 5. The number of aliphatic hydroxyl groups excluding tert-OH is 1. The molecule has 3 rings (SSSR count). The van der Waals surface area contributed by atoms with Crippen LogP contribution in [0.15, 0.2) is 24.5 Å². The van der Waals surface area contributed by atoms with Gasteiger partial charge in [-0.3, -0.25) is 14.7 Å². The lowest BCUT2D eigenvalue weighted by Gasteiger charge is -2.46. The fourth-order valence-corrected chi connectivity index (χ4v) is 4.47. The molecule has 0 radical (unpaired) electrons. The molecule has 0 aromatic carbocycles. The molecule has 1 aromatic heterocycles. The van der Waals surface area contributed by atoms with Crippen LogP contribution in [0.1, 0.15) is 31.2 Å². The third-order valence-corrected chi connectivity index (χ3v) is 6.14. The summed E-state index contributed by atoms with van der Waals surface area (Å²) < 4.78 is 0. The number of carbonyl (C=O) groups excluding carboxylic acids is 1. The number of carbonyl (C=O) groups is 1. The molecular formula is C21H34N4O2. The van der Waals surface area contributed by atoms with Crippen LogP contribution in [0.2, 0.25) is 0 Å². The van der Waals surface area contributed by atoms with Crippen LogP contribution in [0, 0.1) is 5.92 Å². The van der Waals surface area contributed by atoms with Gasteiger partial charge < -0.3 is 14.9 Å². The molecule has 2 aliphatic rings. The Morgan fingerprint density at radius 1 is 1.26 bits per heavy atom. The number of amides is 1. The average Bonchev–Trinajstić information content (AvgIpc) is 2.71. The van der Waals surface area contributed by atoms with Crippen molar-refractivity contribution in [2.45, 2.75) is 38.1 Å². The van der Waals surface area contributed by atoms with Crippen LogP contribution in [-0.4, -0.2) is 89.7 Å². The molecular weight excluding hydrogens is 340 g/mol. The van der Waals surface area contributed by atoms with Gasteiger partial charge in [-0.2, -0.15) is 0 Å². The molecule has 6 nitrogen and oxygen atoms in total. The van der Waals surface area contributed by atoms with Gasteiger partial charge in [0.1, 0.15) is 0 Å². The Labute approximate surface area is 163 Å². The average molecular weight is 375 g/mol. The van der Waals surface area contributed by atoms with E-state index in [9.17, 15) is 9.90 Å². The first-order chi connectivity index (χ1) is 13.2. The predicted molar refractivity (Wildman–Crippen MR) is 106 cm³/mol. The number of rotatable bonds is 7. The largest absolute Gasteiger partial charge is 0.396 e. The topological polar surface area (TPSA) is 59.9 Å². The zero-order valence-electron chi connectivity index (χ0n) is 16.6. The second-order valence-electron chi connectivity index (χ2n) is 8.02. The monoisotopic (exact) mass is 374 g/mol. The van der Waals surface area contributed by atoms with E-state index in [1.807, 2.05) is 18.3 Å². The maximum absolute atomic E-state index is 12.8. The first-order valence-corrected chi connectivity index (χ1v) is 10.4. The molecule has 0 aliphatic carbocycles. The van der Waals surface area contributed by atoms with E-state index < -0.39 is 0 Å². The van der Waals surface area contributed by atoms with Crippen molar-refractivity contribution in [1.29, 1.82) is 0 Å². The van der Waals surface area contributed by atoms with E-state index >= 15 is 0 Å². The smallest absolute Gasteiger partial charge is 0.222 e. The summed E-state index contributed by atoms with van der Waals surface area (Å²) in [7, 11) is 2.18. The van der Waals surface area contributed by atoms with Crippen molar-refractivity contribution in [3.63, 3.8) is 0 Å². The lowest BCUT2D eigenvalue weighted by Crippen LogP contribution is -2.57. The van der Waals surface area contributed by atoms with E-state index in [0.717, 1.165) is 70.5 Å². The van der Waals surface area contributed by atoms with Gasteiger partial charge in [-0.15, -0.1) is 0 Å². The number of aryl methyl sites for hydroxylation is 1. The Balaban J connectivity index is 1.55. The molecule has 1 N–H and O–H groups in total. The third-order valence-electron chi connectivity index (χ3n) is 6.14. The molecule has 2 saturated heterocycles. The van der Waals surface area contributed by atoms with Crippen molar-refractivity contribution >= 4 is 5.91 Å². The molecule has 2 aliphatic heterocycles. The van der Waals surface area contributed by atoms with Gasteiger partial charge in [0, 0.05) is 70.7 Å². The molecule has 6 heteroatoms. The Bertz CT molecular complexity index is 575. The molecule has 1 amide bonds. The zero-order valence-corrected chi connectivity index (χ0v) is 16.6. The van der Waals surface area contributed by atoms with Gasteiger partial charge >= 0.3 is 0 Å².